The third-order valence-electron chi connectivity index (χ3n) is 4.01. The minimum absolute atomic E-state index is 0.175. The molecule has 0 saturated carbocycles. The summed E-state index contributed by atoms with van der Waals surface area (Å²) in [6.07, 6.45) is 0. The molecule has 0 unspecified atom stereocenters. The lowest BCUT2D eigenvalue weighted by atomic mass is 10.1. The van der Waals surface area contributed by atoms with E-state index < -0.39 is 0 Å². The van der Waals surface area contributed by atoms with Crippen LogP contribution in [-0.2, 0) is 6.54 Å². The third-order valence-corrected chi connectivity index (χ3v) is 5.90. The number of nitrogens with zero attached hydrogens (tertiary/aromatic N) is 1. The average Bonchev–Trinajstić information content (AvgIpc) is 3.34. The van der Waals surface area contributed by atoms with Crippen molar-refractivity contribution in [3.05, 3.63) is 45.1 Å². The first-order valence-electron chi connectivity index (χ1n) is 8.14. The topological polar surface area (TPSA) is 69.7 Å². The van der Waals surface area contributed by atoms with Gasteiger partial charge in [0.15, 0.2) is 0 Å². The highest BCUT2D eigenvalue weighted by molar-refractivity contribution is 7.17. The molecule has 2 heterocycles. The maximum atomic E-state index is 12.7. The summed E-state index contributed by atoms with van der Waals surface area (Å²) < 4.78 is 16.1. The minimum atomic E-state index is -0.175. The predicted molar refractivity (Wildman–Crippen MR) is 107 cm³/mol. The normalized spacial score (nSPS) is 10.5. The predicted octanol–water partition coefficient (Wildman–Crippen LogP) is 4.14. The van der Waals surface area contributed by atoms with E-state index >= 15 is 0 Å². The Bertz CT molecular complexity index is 910. The highest BCUT2D eigenvalue weighted by Gasteiger charge is 2.19. The van der Waals surface area contributed by atoms with Crippen LogP contribution in [0.4, 0.5) is 0 Å². The summed E-state index contributed by atoms with van der Waals surface area (Å²) in [7, 11) is 4.72. The van der Waals surface area contributed by atoms with Crippen molar-refractivity contribution >= 4 is 28.6 Å². The molecule has 0 bridgehead atoms. The first kappa shape index (κ1) is 19.2. The highest BCUT2D eigenvalue weighted by Crippen LogP contribution is 2.34. The fourth-order valence-corrected chi connectivity index (χ4v) is 4.31. The molecule has 0 saturated heterocycles. The number of hydrogen-bond donors (Lipinski definition) is 1. The fraction of sp³-hybridized carbons (Fsp3) is 0.263. The Kier molecular flexibility index (Phi) is 5.98. The molecule has 0 aliphatic rings. The molecule has 6 nitrogen and oxygen atoms in total. The van der Waals surface area contributed by atoms with Gasteiger partial charge >= 0.3 is 0 Å². The van der Waals surface area contributed by atoms with Crippen LogP contribution in [0.3, 0.4) is 0 Å². The Balaban J connectivity index is 1.80. The van der Waals surface area contributed by atoms with Crippen molar-refractivity contribution in [2.24, 2.45) is 0 Å². The van der Waals surface area contributed by atoms with Gasteiger partial charge in [0.1, 0.15) is 27.1 Å². The highest BCUT2D eigenvalue weighted by atomic mass is 32.1. The molecular weight excluding hydrogens is 384 g/mol. The van der Waals surface area contributed by atoms with Gasteiger partial charge in [0.05, 0.1) is 39.1 Å². The lowest BCUT2D eigenvalue weighted by molar-refractivity contribution is 0.0953. The van der Waals surface area contributed by atoms with Crippen LogP contribution >= 0.6 is 22.7 Å². The van der Waals surface area contributed by atoms with Gasteiger partial charge in [-0.1, -0.05) is 0 Å². The lowest BCUT2D eigenvalue weighted by Crippen LogP contribution is -2.23. The summed E-state index contributed by atoms with van der Waals surface area (Å²) in [4.78, 5) is 17.8. The summed E-state index contributed by atoms with van der Waals surface area (Å²) in [6, 6.07) is 5.52. The molecule has 0 spiro atoms. The number of thiophene rings is 1. The number of rotatable bonds is 7. The van der Waals surface area contributed by atoms with Crippen LogP contribution in [0.15, 0.2) is 29.0 Å². The van der Waals surface area contributed by atoms with E-state index in [0.717, 1.165) is 16.1 Å². The van der Waals surface area contributed by atoms with Gasteiger partial charge in [-0.25, -0.2) is 4.98 Å². The molecule has 3 aromatic rings. The second kappa shape index (κ2) is 8.41. The molecule has 1 aromatic carbocycles. The van der Waals surface area contributed by atoms with Crippen LogP contribution in [0.25, 0.3) is 10.6 Å². The molecule has 8 heteroatoms. The zero-order valence-electron chi connectivity index (χ0n) is 15.5. The van der Waals surface area contributed by atoms with E-state index in [-0.39, 0.29) is 12.5 Å². The van der Waals surface area contributed by atoms with Crippen molar-refractivity contribution in [2.45, 2.75) is 13.5 Å². The van der Waals surface area contributed by atoms with Gasteiger partial charge in [0, 0.05) is 23.1 Å². The summed E-state index contributed by atoms with van der Waals surface area (Å²) in [6.45, 7) is 2.11. The largest absolute Gasteiger partial charge is 0.496 e. The molecule has 0 radical (unpaired) electrons. The molecule has 1 amide bonds. The number of hydrogen-bond acceptors (Lipinski definition) is 7. The molecule has 0 fully saturated rings. The van der Waals surface area contributed by atoms with Crippen LogP contribution < -0.4 is 19.5 Å². The molecule has 0 aliphatic carbocycles. The number of nitrogens with one attached hydrogen (secondary N) is 1. The molecule has 142 valence electrons. The first-order chi connectivity index (χ1) is 13.1. The van der Waals surface area contributed by atoms with Gasteiger partial charge < -0.3 is 19.5 Å². The van der Waals surface area contributed by atoms with Crippen LogP contribution in [-0.4, -0.2) is 32.2 Å². The van der Waals surface area contributed by atoms with Gasteiger partial charge in [-0.05, 0) is 18.4 Å². The SMILES string of the molecule is COc1cc(OC)c(CNC(=O)c2sc(-c3ccsc3)nc2C)c(OC)c1. The number of methoxy groups -OCH3 is 3. The van der Waals surface area contributed by atoms with E-state index in [1.807, 2.05) is 23.8 Å². The second-order valence-corrected chi connectivity index (χ2v) is 7.42. The standard InChI is InChI=1S/C19H20N2O4S2/c1-11-17(27-19(21-11)12-5-6-26-10-12)18(22)20-9-14-15(24-3)7-13(23-2)8-16(14)25-4/h5-8,10H,9H2,1-4H3,(H,20,22). The second-order valence-electron chi connectivity index (χ2n) is 5.64. The van der Waals surface area contributed by atoms with Crippen LogP contribution in [0.2, 0.25) is 0 Å². The smallest absolute Gasteiger partial charge is 0.263 e. The number of aryl methyl sites for hydroxylation is 1. The number of amides is 1. The number of benzene rings is 1. The van der Waals surface area contributed by atoms with Crippen molar-refractivity contribution in [1.82, 2.24) is 10.3 Å². The fourth-order valence-electron chi connectivity index (χ4n) is 2.62. The average molecular weight is 405 g/mol. The molecule has 27 heavy (non-hydrogen) atoms. The third kappa shape index (κ3) is 4.06. The van der Waals surface area contributed by atoms with E-state index in [1.165, 1.54) is 11.3 Å². The zero-order chi connectivity index (χ0) is 19.4. The van der Waals surface area contributed by atoms with Crippen LogP contribution in [0.5, 0.6) is 17.2 Å². The maximum Gasteiger partial charge on any atom is 0.263 e. The summed E-state index contributed by atoms with van der Waals surface area (Å²) in [5.74, 6) is 1.63. The Hall–Kier alpha value is -2.58. The quantitative estimate of drug-likeness (QED) is 0.641. The molecule has 0 aliphatic heterocycles. The van der Waals surface area contributed by atoms with Crippen molar-refractivity contribution in [2.75, 3.05) is 21.3 Å². The summed E-state index contributed by atoms with van der Waals surface area (Å²) in [5.41, 5.74) is 2.49. The van der Waals surface area contributed by atoms with Crippen molar-refractivity contribution in [3.8, 4) is 27.8 Å². The van der Waals surface area contributed by atoms with E-state index in [1.54, 1.807) is 44.8 Å². The van der Waals surface area contributed by atoms with Gasteiger partial charge in [0.2, 0.25) is 0 Å². The molecule has 0 atom stereocenters. The van der Waals surface area contributed by atoms with Crippen LogP contribution in [0, 0.1) is 6.92 Å². The number of carbonyl (C=O) groups is 1. The van der Waals surface area contributed by atoms with Gasteiger partial charge in [-0.3, -0.25) is 4.79 Å². The zero-order valence-corrected chi connectivity index (χ0v) is 17.1. The molecular formula is C19H20N2O4S2. The van der Waals surface area contributed by atoms with Gasteiger partial charge in [0.25, 0.3) is 5.91 Å². The van der Waals surface area contributed by atoms with Crippen molar-refractivity contribution in [3.63, 3.8) is 0 Å². The molecule has 1 N–H and O–H groups in total. The Morgan fingerprint density at radius 3 is 2.41 bits per heavy atom. The number of carbonyl (C=O) groups excluding carboxylic acids is 1. The number of aromatic nitrogens is 1. The Morgan fingerprint density at radius 2 is 1.85 bits per heavy atom. The number of ether oxygens (including phenoxy) is 3. The molecule has 3 rings (SSSR count). The summed E-state index contributed by atoms with van der Waals surface area (Å²) >= 11 is 2.99. The van der Waals surface area contributed by atoms with Gasteiger partial charge in [-0.2, -0.15) is 11.3 Å². The number of thiazole rings is 1. The first-order valence-corrected chi connectivity index (χ1v) is 9.90. The molecule has 2 aromatic heterocycles. The Labute approximate surface area is 165 Å². The monoisotopic (exact) mass is 404 g/mol. The van der Waals surface area contributed by atoms with E-state index in [4.69, 9.17) is 14.2 Å². The van der Waals surface area contributed by atoms with Crippen LogP contribution in [0.1, 0.15) is 20.9 Å². The van der Waals surface area contributed by atoms with E-state index in [9.17, 15) is 4.79 Å². The Morgan fingerprint density at radius 1 is 1.15 bits per heavy atom. The van der Waals surface area contributed by atoms with Crippen molar-refractivity contribution in [1.29, 1.82) is 0 Å². The lowest BCUT2D eigenvalue weighted by Gasteiger charge is -2.15. The van der Waals surface area contributed by atoms with Gasteiger partial charge in [-0.15, -0.1) is 11.3 Å². The summed E-state index contributed by atoms with van der Waals surface area (Å²) in [5, 5.41) is 7.80. The maximum absolute atomic E-state index is 12.7. The minimum Gasteiger partial charge on any atom is -0.496 e. The van der Waals surface area contributed by atoms with E-state index in [2.05, 4.69) is 10.3 Å². The van der Waals surface area contributed by atoms with Crippen molar-refractivity contribution < 1.29 is 19.0 Å². The van der Waals surface area contributed by atoms with E-state index in [0.29, 0.717) is 27.8 Å².